The van der Waals surface area contributed by atoms with Gasteiger partial charge in [-0.3, -0.25) is 9.78 Å². The Labute approximate surface area is 129 Å². The summed E-state index contributed by atoms with van der Waals surface area (Å²) in [7, 11) is 1.62. The molecule has 3 rings (SSSR count). The zero-order valence-electron chi connectivity index (χ0n) is 12.9. The van der Waals surface area contributed by atoms with Crippen molar-refractivity contribution in [3.63, 3.8) is 0 Å². The average Bonchev–Trinajstić information content (AvgIpc) is 3.04. The quantitative estimate of drug-likeness (QED) is 0.941. The van der Waals surface area contributed by atoms with E-state index in [9.17, 15) is 4.79 Å². The molecule has 5 nitrogen and oxygen atoms in total. The molecule has 2 heterocycles. The fourth-order valence-electron chi connectivity index (χ4n) is 2.73. The molecule has 1 aliphatic heterocycles. The Kier molecular flexibility index (Phi) is 4.24. The molecule has 1 fully saturated rings. The number of aryl methyl sites for hydroxylation is 1. The van der Waals surface area contributed by atoms with E-state index in [1.807, 2.05) is 31.2 Å². The van der Waals surface area contributed by atoms with Gasteiger partial charge in [-0.1, -0.05) is 0 Å². The summed E-state index contributed by atoms with van der Waals surface area (Å²) in [6.45, 7) is 4.06. The predicted molar refractivity (Wildman–Crippen MR) is 84.3 cm³/mol. The highest BCUT2D eigenvalue weighted by atomic mass is 16.5. The summed E-state index contributed by atoms with van der Waals surface area (Å²) in [5.74, 6) is 1.09. The minimum Gasteiger partial charge on any atom is -0.497 e. The maximum Gasteiger partial charge on any atom is 0.252 e. The van der Waals surface area contributed by atoms with Crippen LogP contribution in [0.15, 0.2) is 24.3 Å². The molecule has 1 aliphatic rings. The van der Waals surface area contributed by atoms with E-state index in [0.717, 1.165) is 42.0 Å². The number of hydrogen-bond donors (Lipinski definition) is 1. The number of rotatable bonds is 4. The molecule has 1 aromatic carbocycles. The standard InChI is InChI=1S/C17H20N2O3/c1-11-7-15(17(20)18-9-12-5-6-22-10-12)14-4-3-13(21-2)8-16(14)19-11/h3-4,7-8,12H,5-6,9-10H2,1-2H3,(H,18,20). The SMILES string of the molecule is COc1ccc2c(C(=O)NCC3CCOC3)cc(C)nc2c1. The molecular weight excluding hydrogens is 280 g/mol. The number of carbonyl (C=O) groups excluding carboxylic acids is 1. The van der Waals surface area contributed by atoms with E-state index in [4.69, 9.17) is 9.47 Å². The van der Waals surface area contributed by atoms with E-state index in [2.05, 4.69) is 10.3 Å². The third-order valence-electron chi connectivity index (χ3n) is 3.97. The Morgan fingerprint density at radius 1 is 1.45 bits per heavy atom. The van der Waals surface area contributed by atoms with Gasteiger partial charge in [0.1, 0.15) is 5.75 Å². The average molecular weight is 300 g/mol. The molecule has 116 valence electrons. The largest absolute Gasteiger partial charge is 0.497 e. The zero-order valence-corrected chi connectivity index (χ0v) is 12.9. The smallest absolute Gasteiger partial charge is 0.252 e. The summed E-state index contributed by atoms with van der Waals surface area (Å²) in [4.78, 5) is 17.0. The van der Waals surface area contributed by atoms with E-state index in [-0.39, 0.29) is 5.91 Å². The molecule has 1 unspecified atom stereocenters. The van der Waals surface area contributed by atoms with Crippen molar-refractivity contribution < 1.29 is 14.3 Å². The van der Waals surface area contributed by atoms with Crippen molar-refractivity contribution in [2.24, 2.45) is 5.92 Å². The van der Waals surface area contributed by atoms with Crippen molar-refractivity contribution >= 4 is 16.8 Å². The Balaban J connectivity index is 1.86. The van der Waals surface area contributed by atoms with Crippen LogP contribution in [-0.2, 0) is 4.74 Å². The van der Waals surface area contributed by atoms with Gasteiger partial charge in [0.05, 0.1) is 24.8 Å². The van der Waals surface area contributed by atoms with Crippen LogP contribution in [0.25, 0.3) is 10.9 Å². The molecule has 1 aromatic heterocycles. The summed E-state index contributed by atoms with van der Waals surface area (Å²) in [6, 6.07) is 7.41. The second-order valence-electron chi connectivity index (χ2n) is 5.63. The lowest BCUT2D eigenvalue weighted by Gasteiger charge is -2.12. The maximum atomic E-state index is 12.5. The first-order valence-corrected chi connectivity index (χ1v) is 7.48. The van der Waals surface area contributed by atoms with E-state index >= 15 is 0 Å². The third kappa shape index (κ3) is 3.04. The number of methoxy groups -OCH3 is 1. The first-order chi connectivity index (χ1) is 10.7. The van der Waals surface area contributed by atoms with Gasteiger partial charge in [-0.15, -0.1) is 0 Å². The molecule has 1 saturated heterocycles. The van der Waals surface area contributed by atoms with Gasteiger partial charge in [-0.2, -0.15) is 0 Å². The normalized spacial score (nSPS) is 17.6. The Morgan fingerprint density at radius 2 is 2.32 bits per heavy atom. The Morgan fingerprint density at radius 3 is 3.05 bits per heavy atom. The molecule has 22 heavy (non-hydrogen) atoms. The molecule has 0 spiro atoms. The summed E-state index contributed by atoms with van der Waals surface area (Å²) in [5.41, 5.74) is 2.24. The number of nitrogens with one attached hydrogen (secondary N) is 1. The van der Waals surface area contributed by atoms with Crippen LogP contribution in [0.4, 0.5) is 0 Å². The van der Waals surface area contributed by atoms with Gasteiger partial charge in [0.2, 0.25) is 0 Å². The first-order valence-electron chi connectivity index (χ1n) is 7.48. The molecule has 1 atom stereocenters. The second kappa shape index (κ2) is 6.32. The number of hydrogen-bond acceptors (Lipinski definition) is 4. The minimum atomic E-state index is -0.0624. The van der Waals surface area contributed by atoms with E-state index < -0.39 is 0 Å². The van der Waals surface area contributed by atoms with Crippen molar-refractivity contribution in [3.8, 4) is 5.75 Å². The van der Waals surface area contributed by atoms with Crippen LogP contribution in [0, 0.1) is 12.8 Å². The van der Waals surface area contributed by atoms with Crippen molar-refractivity contribution in [1.82, 2.24) is 10.3 Å². The molecule has 0 radical (unpaired) electrons. The highest BCUT2D eigenvalue weighted by molar-refractivity contribution is 6.06. The third-order valence-corrected chi connectivity index (χ3v) is 3.97. The van der Waals surface area contributed by atoms with Crippen LogP contribution < -0.4 is 10.1 Å². The molecular formula is C17H20N2O3. The summed E-state index contributed by atoms with van der Waals surface area (Å²) in [5, 5.41) is 3.85. The van der Waals surface area contributed by atoms with Crippen LogP contribution in [-0.4, -0.2) is 37.8 Å². The van der Waals surface area contributed by atoms with Gasteiger partial charge >= 0.3 is 0 Å². The number of nitrogens with zero attached hydrogens (tertiary/aromatic N) is 1. The van der Waals surface area contributed by atoms with Gasteiger partial charge in [-0.25, -0.2) is 0 Å². The van der Waals surface area contributed by atoms with Crippen molar-refractivity contribution in [2.45, 2.75) is 13.3 Å². The van der Waals surface area contributed by atoms with Gasteiger partial charge < -0.3 is 14.8 Å². The number of fused-ring (bicyclic) bond motifs is 1. The Bertz CT molecular complexity index is 694. The van der Waals surface area contributed by atoms with Crippen LogP contribution in [0.1, 0.15) is 22.5 Å². The van der Waals surface area contributed by atoms with Crippen molar-refractivity contribution in [2.75, 3.05) is 26.9 Å². The van der Waals surface area contributed by atoms with Gasteiger partial charge in [0.15, 0.2) is 0 Å². The summed E-state index contributed by atoms with van der Waals surface area (Å²) >= 11 is 0. The zero-order chi connectivity index (χ0) is 15.5. The van der Waals surface area contributed by atoms with Gasteiger partial charge in [0.25, 0.3) is 5.91 Å². The lowest BCUT2D eigenvalue weighted by molar-refractivity contribution is 0.0946. The lowest BCUT2D eigenvalue weighted by Crippen LogP contribution is -2.29. The fourth-order valence-corrected chi connectivity index (χ4v) is 2.73. The summed E-state index contributed by atoms with van der Waals surface area (Å²) in [6.07, 6.45) is 1.01. The van der Waals surface area contributed by atoms with Gasteiger partial charge in [0, 0.05) is 36.2 Å². The number of pyridine rings is 1. The van der Waals surface area contributed by atoms with E-state index in [0.29, 0.717) is 18.0 Å². The lowest BCUT2D eigenvalue weighted by atomic mass is 10.1. The number of benzene rings is 1. The van der Waals surface area contributed by atoms with Crippen molar-refractivity contribution in [1.29, 1.82) is 0 Å². The number of ether oxygens (including phenoxy) is 2. The fraction of sp³-hybridized carbons (Fsp3) is 0.412. The minimum absolute atomic E-state index is 0.0624. The van der Waals surface area contributed by atoms with Crippen molar-refractivity contribution in [3.05, 3.63) is 35.5 Å². The van der Waals surface area contributed by atoms with Crippen LogP contribution in [0.3, 0.4) is 0 Å². The molecule has 0 bridgehead atoms. The molecule has 2 aromatic rings. The highest BCUT2D eigenvalue weighted by Gasteiger charge is 2.18. The van der Waals surface area contributed by atoms with Crippen LogP contribution in [0.2, 0.25) is 0 Å². The van der Waals surface area contributed by atoms with Gasteiger partial charge in [-0.05, 0) is 31.5 Å². The number of aromatic nitrogens is 1. The van der Waals surface area contributed by atoms with Crippen LogP contribution >= 0.6 is 0 Å². The second-order valence-corrected chi connectivity index (χ2v) is 5.63. The molecule has 1 N–H and O–H groups in total. The number of carbonyl (C=O) groups is 1. The highest BCUT2D eigenvalue weighted by Crippen LogP contribution is 2.23. The number of amides is 1. The molecule has 5 heteroatoms. The van der Waals surface area contributed by atoms with E-state index in [1.54, 1.807) is 7.11 Å². The topological polar surface area (TPSA) is 60.5 Å². The van der Waals surface area contributed by atoms with E-state index in [1.165, 1.54) is 0 Å². The summed E-state index contributed by atoms with van der Waals surface area (Å²) < 4.78 is 10.6. The molecule has 0 saturated carbocycles. The maximum absolute atomic E-state index is 12.5. The van der Waals surface area contributed by atoms with Crippen LogP contribution in [0.5, 0.6) is 5.75 Å². The first kappa shape index (κ1) is 14.8. The Hall–Kier alpha value is -2.14. The molecule has 0 aliphatic carbocycles. The predicted octanol–water partition coefficient (Wildman–Crippen LogP) is 2.32. The monoisotopic (exact) mass is 300 g/mol. The molecule has 1 amide bonds.